The van der Waals surface area contributed by atoms with Crippen LogP contribution >= 0.6 is 11.3 Å². The number of aryl methyl sites for hydroxylation is 1. The second-order valence-electron chi connectivity index (χ2n) is 5.16. The number of aromatic nitrogens is 1. The minimum atomic E-state index is 0.618. The first-order valence-electron chi connectivity index (χ1n) is 7.64. The monoisotopic (exact) mass is 332 g/mol. The second-order valence-corrected chi connectivity index (χ2v) is 6.22. The Morgan fingerprint density at radius 1 is 1.26 bits per heavy atom. The van der Waals surface area contributed by atoms with E-state index in [4.69, 9.17) is 4.74 Å². The van der Waals surface area contributed by atoms with Crippen LogP contribution in [0.1, 0.15) is 21.8 Å². The van der Waals surface area contributed by atoms with E-state index in [-0.39, 0.29) is 0 Å². The van der Waals surface area contributed by atoms with Crippen LogP contribution in [0.4, 0.5) is 0 Å². The van der Waals surface area contributed by atoms with Crippen LogP contribution in [0.2, 0.25) is 0 Å². The lowest BCUT2D eigenvalue weighted by Gasteiger charge is -2.13. The fraction of sp³-hybridized carbons (Fsp3) is 0.412. The number of ether oxygens (including phenoxy) is 1. The molecule has 0 saturated heterocycles. The first-order valence-corrected chi connectivity index (χ1v) is 8.52. The molecule has 0 aliphatic carbocycles. The highest BCUT2D eigenvalue weighted by Gasteiger charge is 2.04. The maximum atomic E-state index is 5.24. The fourth-order valence-electron chi connectivity index (χ4n) is 2.26. The van der Waals surface area contributed by atoms with Crippen LogP contribution in [0.5, 0.6) is 0 Å². The average molecular weight is 332 g/mol. The number of hydrogen-bond acceptors (Lipinski definition) is 4. The maximum absolute atomic E-state index is 5.24. The zero-order valence-corrected chi connectivity index (χ0v) is 14.7. The molecule has 2 aromatic rings. The zero-order valence-electron chi connectivity index (χ0n) is 13.9. The summed E-state index contributed by atoms with van der Waals surface area (Å²) in [6.45, 7) is 4.17. The molecule has 1 aromatic heterocycles. The van der Waals surface area contributed by atoms with E-state index in [0.29, 0.717) is 6.61 Å². The highest BCUT2D eigenvalue weighted by atomic mass is 32.1. The smallest absolute Gasteiger partial charge is 0.191 e. The zero-order chi connectivity index (χ0) is 16.5. The van der Waals surface area contributed by atoms with E-state index in [1.165, 1.54) is 11.1 Å². The van der Waals surface area contributed by atoms with E-state index in [2.05, 4.69) is 38.1 Å². The SMILES string of the molecule is CN=C(NCCc1csc(C)n1)NCc1ccccc1COC. The molecule has 0 fully saturated rings. The van der Waals surface area contributed by atoms with E-state index < -0.39 is 0 Å². The lowest BCUT2D eigenvalue weighted by atomic mass is 10.1. The molecule has 6 heteroatoms. The van der Waals surface area contributed by atoms with E-state index in [1.54, 1.807) is 25.5 Å². The minimum Gasteiger partial charge on any atom is -0.380 e. The van der Waals surface area contributed by atoms with Gasteiger partial charge in [0.2, 0.25) is 0 Å². The first-order chi connectivity index (χ1) is 11.2. The van der Waals surface area contributed by atoms with Crippen molar-refractivity contribution in [1.82, 2.24) is 15.6 Å². The summed E-state index contributed by atoms with van der Waals surface area (Å²) in [5.74, 6) is 0.796. The molecular weight excluding hydrogens is 308 g/mol. The van der Waals surface area contributed by atoms with Crippen LogP contribution in [-0.2, 0) is 24.3 Å². The van der Waals surface area contributed by atoms with E-state index >= 15 is 0 Å². The van der Waals surface area contributed by atoms with Crippen LogP contribution in [-0.4, -0.2) is 31.6 Å². The van der Waals surface area contributed by atoms with Gasteiger partial charge >= 0.3 is 0 Å². The molecule has 0 aliphatic heterocycles. The molecule has 1 heterocycles. The number of thiazole rings is 1. The Balaban J connectivity index is 1.81. The van der Waals surface area contributed by atoms with Gasteiger partial charge in [0.25, 0.3) is 0 Å². The predicted octanol–water partition coefficient (Wildman–Crippen LogP) is 2.51. The van der Waals surface area contributed by atoms with Gasteiger partial charge in [-0.2, -0.15) is 0 Å². The number of aliphatic imine (C=N–C) groups is 1. The quantitative estimate of drug-likeness (QED) is 0.604. The third-order valence-corrected chi connectivity index (χ3v) is 4.25. The Hall–Kier alpha value is -1.92. The molecule has 2 rings (SSSR count). The molecule has 5 nitrogen and oxygen atoms in total. The van der Waals surface area contributed by atoms with Gasteiger partial charge in [-0.05, 0) is 18.1 Å². The van der Waals surface area contributed by atoms with Crippen LogP contribution in [0.3, 0.4) is 0 Å². The summed E-state index contributed by atoms with van der Waals surface area (Å²) in [5.41, 5.74) is 3.53. The number of rotatable bonds is 7. The van der Waals surface area contributed by atoms with E-state index in [9.17, 15) is 0 Å². The Morgan fingerprint density at radius 3 is 2.70 bits per heavy atom. The Bertz CT molecular complexity index is 639. The fourth-order valence-corrected chi connectivity index (χ4v) is 2.90. The van der Waals surface area contributed by atoms with Crippen molar-refractivity contribution in [3.8, 4) is 0 Å². The molecule has 124 valence electrons. The number of guanidine groups is 1. The molecule has 0 amide bonds. The highest BCUT2D eigenvalue weighted by Crippen LogP contribution is 2.09. The van der Waals surface area contributed by atoms with Crippen molar-refractivity contribution in [3.63, 3.8) is 0 Å². The topological polar surface area (TPSA) is 58.5 Å². The molecule has 0 aliphatic rings. The summed E-state index contributed by atoms with van der Waals surface area (Å²) in [4.78, 5) is 8.72. The summed E-state index contributed by atoms with van der Waals surface area (Å²) in [6, 6.07) is 8.26. The van der Waals surface area contributed by atoms with Crippen molar-refractivity contribution in [1.29, 1.82) is 0 Å². The van der Waals surface area contributed by atoms with Gasteiger partial charge in [0, 0.05) is 39.0 Å². The molecule has 0 atom stereocenters. The van der Waals surface area contributed by atoms with Gasteiger partial charge in [-0.3, -0.25) is 4.99 Å². The van der Waals surface area contributed by atoms with Crippen molar-refractivity contribution in [2.24, 2.45) is 4.99 Å². The summed E-state index contributed by atoms with van der Waals surface area (Å²) in [5, 5.41) is 9.88. The number of nitrogens with zero attached hydrogens (tertiary/aromatic N) is 2. The molecule has 2 N–H and O–H groups in total. The summed E-state index contributed by atoms with van der Waals surface area (Å²) >= 11 is 1.69. The largest absolute Gasteiger partial charge is 0.380 e. The third kappa shape index (κ3) is 5.65. The van der Waals surface area contributed by atoms with Crippen LogP contribution in [0.15, 0.2) is 34.6 Å². The van der Waals surface area contributed by atoms with Crippen LogP contribution < -0.4 is 10.6 Å². The van der Waals surface area contributed by atoms with Gasteiger partial charge in [-0.15, -0.1) is 11.3 Å². The Kier molecular flexibility index (Phi) is 7.03. The summed E-state index contributed by atoms with van der Waals surface area (Å²) in [6.07, 6.45) is 0.894. The molecular formula is C17H24N4OS. The van der Waals surface area contributed by atoms with Gasteiger partial charge in [0.05, 0.1) is 17.3 Å². The van der Waals surface area contributed by atoms with Gasteiger partial charge in [0.1, 0.15) is 0 Å². The molecule has 0 saturated carbocycles. The third-order valence-electron chi connectivity index (χ3n) is 3.43. The summed E-state index contributed by atoms with van der Waals surface area (Å²) < 4.78 is 5.24. The van der Waals surface area contributed by atoms with E-state index in [0.717, 1.165) is 36.2 Å². The maximum Gasteiger partial charge on any atom is 0.191 e. The number of methoxy groups -OCH3 is 1. The number of hydrogen-bond donors (Lipinski definition) is 2. The average Bonchev–Trinajstić information content (AvgIpc) is 2.97. The lowest BCUT2D eigenvalue weighted by Crippen LogP contribution is -2.38. The van der Waals surface area contributed by atoms with Crippen molar-refractivity contribution < 1.29 is 4.74 Å². The normalized spacial score (nSPS) is 11.5. The Morgan fingerprint density at radius 2 is 2.04 bits per heavy atom. The number of nitrogens with one attached hydrogen (secondary N) is 2. The second kappa shape index (κ2) is 9.27. The van der Waals surface area contributed by atoms with E-state index in [1.807, 2.05) is 19.1 Å². The van der Waals surface area contributed by atoms with Gasteiger partial charge < -0.3 is 15.4 Å². The molecule has 23 heavy (non-hydrogen) atoms. The van der Waals surface area contributed by atoms with Crippen molar-refractivity contribution >= 4 is 17.3 Å². The summed E-state index contributed by atoms with van der Waals surface area (Å²) in [7, 11) is 3.49. The number of benzene rings is 1. The molecule has 0 spiro atoms. The minimum absolute atomic E-state index is 0.618. The highest BCUT2D eigenvalue weighted by molar-refractivity contribution is 7.09. The van der Waals surface area contributed by atoms with Crippen LogP contribution in [0, 0.1) is 6.92 Å². The molecule has 1 aromatic carbocycles. The van der Waals surface area contributed by atoms with Crippen molar-refractivity contribution in [3.05, 3.63) is 51.5 Å². The van der Waals surface area contributed by atoms with Crippen LogP contribution in [0.25, 0.3) is 0 Å². The lowest BCUT2D eigenvalue weighted by molar-refractivity contribution is 0.184. The predicted molar refractivity (Wildman–Crippen MR) is 95.9 cm³/mol. The standard InChI is InChI=1S/C17H24N4OS/c1-13-21-16(12-23-13)8-9-19-17(18-2)20-10-14-6-4-5-7-15(14)11-22-3/h4-7,12H,8-11H2,1-3H3,(H2,18,19,20). The van der Waals surface area contributed by atoms with Gasteiger partial charge in [-0.1, -0.05) is 24.3 Å². The first kappa shape index (κ1) is 17.4. The molecule has 0 unspecified atom stereocenters. The van der Waals surface area contributed by atoms with Gasteiger partial charge in [-0.25, -0.2) is 4.98 Å². The molecule has 0 radical (unpaired) electrons. The Labute approximate surface area is 141 Å². The van der Waals surface area contributed by atoms with Crippen molar-refractivity contribution in [2.45, 2.75) is 26.5 Å². The molecule has 0 bridgehead atoms. The van der Waals surface area contributed by atoms with Crippen molar-refractivity contribution in [2.75, 3.05) is 20.7 Å². The van der Waals surface area contributed by atoms with Gasteiger partial charge in [0.15, 0.2) is 5.96 Å².